The topological polar surface area (TPSA) is 68.0 Å². The molecule has 0 saturated carbocycles. The van der Waals surface area contributed by atoms with Crippen LogP contribution < -0.4 is 5.32 Å². The lowest BCUT2D eigenvalue weighted by Crippen LogP contribution is -2.02. The number of fused-ring (bicyclic) bond motifs is 1. The van der Waals surface area contributed by atoms with Crippen molar-refractivity contribution in [3.63, 3.8) is 0 Å². The van der Waals surface area contributed by atoms with E-state index < -0.39 is 0 Å². The highest BCUT2D eigenvalue weighted by Crippen LogP contribution is 2.14. The second kappa shape index (κ2) is 4.34. The Hall–Kier alpha value is -2.02. The molecule has 3 aromatic rings. The Kier molecular flexibility index (Phi) is 2.67. The molecule has 3 rings (SSSR count). The van der Waals surface area contributed by atoms with E-state index in [2.05, 4.69) is 25.6 Å². The highest BCUT2D eigenvalue weighted by molar-refractivity contribution is 7.15. The summed E-state index contributed by atoms with van der Waals surface area (Å²) in [6.45, 7) is 4.55. The van der Waals surface area contributed by atoms with E-state index >= 15 is 0 Å². The molecule has 3 heterocycles. The maximum absolute atomic E-state index is 4.35. The third-order valence-corrected chi connectivity index (χ3v) is 3.26. The van der Waals surface area contributed by atoms with Crippen LogP contribution in [0.1, 0.15) is 16.3 Å². The second-order valence-electron chi connectivity index (χ2n) is 4.03. The van der Waals surface area contributed by atoms with Crippen molar-refractivity contribution in [2.75, 3.05) is 5.32 Å². The van der Waals surface area contributed by atoms with Crippen LogP contribution in [-0.2, 0) is 6.54 Å². The standard InChI is InChI=1S/C11H12N6S/c1-7-3-10-12-4-9(6-17(10)16-7)5-13-11-15-14-8(2)18-11/h3-4,6H,5H2,1-2H3,(H,13,15). The van der Waals surface area contributed by atoms with Crippen LogP contribution in [0.4, 0.5) is 5.13 Å². The molecule has 0 saturated heterocycles. The summed E-state index contributed by atoms with van der Waals surface area (Å²) in [6.07, 6.45) is 3.81. The summed E-state index contributed by atoms with van der Waals surface area (Å²) < 4.78 is 1.79. The van der Waals surface area contributed by atoms with Crippen LogP contribution >= 0.6 is 11.3 Å². The zero-order chi connectivity index (χ0) is 12.5. The van der Waals surface area contributed by atoms with Crippen molar-refractivity contribution in [3.05, 3.63) is 34.7 Å². The minimum atomic E-state index is 0.663. The molecule has 0 aromatic carbocycles. The van der Waals surface area contributed by atoms with Crippen LogP contribution in [0.3, 0.4) is 0 Å². The number of rotatable bonds is 3. The van der Waals surface area contributed by atoms with E-state index in [1.54, 1.807) is 4.52 Å². The van der Waals surface area contributed by atoms with E-state index in [-0.39, 0.29) is 0 Å². The summed E-state index contributed by atoms with van der Waals surface area (Å²) >= 11 is 1.54. The predicted octanol–water partition coefficient (Wildman–Crippen LogP) is 1.81. The molecule has 0 bridgehead atoms. The van der Waals surface area contributed by atoms with Crippen molar-refractivity contribution in [1.82, 2.24) is 24.8 Å². The van der Waals surface area contributed by atoms with E-state index in [0.29, 0.717) is 6.54 Å². The Morgan fingerprint density at radius 2 is 2.22 bits per heavy atom. The fraction of sp³-hybridized carbons (Fsp3) is 0.273. The Balaban J connectivity index is 1.78. The number of nitrogens with one attached hydrogen (secondary N) is 1. The van der Waals surface area contributed by atoms with Gasteiger partial charge in [-0.3, -0.25) is 0 Å². The van der Waals surface area contributed by atoms with Gasteiger partial charge in [0.15, 0.2) is 5.65 Å². The lowest BCUT2D eigenvalue weighted by Gasteiger charge is -2.02. The molecule has 3 aromatic heterocycles. The summed E-state index contributed by atoms with van der Waals surface area (Å²) in [4.78, 5) is 4.35. The molecule has 0 aliphatic heterocycles. The Morgan fingerprint density at radius 3 is 3.00 bits per heavy atom. The number of anilines is 1. The van der Waals surface area contributed by atoms with E-state index in [1.807, 2.05) is 32.3 Å². The molecule has 92 valence electrons. The first-order chi connectivity index (χ1) is 8.70. The first-order valence-electron chi connectivity index (χ1n) is 5.55. The molecule has 0 radical (unpaired) electrons. The van der Waals surface area contributed by atoms with Crippen LogP contribution in [0.15, 0.2) is 18.5 Å². The zero-order valence-electron chi connectivity index (χ0n) is 10.1. The third-order valence-electron chi connectivity index (χ3n) is 2.46. The third kappa shape index (κ3) is 2.17. The van der Waals surface area contributed by atoms with Gasteiger partial charge >= 0.3 is 0 Å². The van der Waals surface area contributed by atoms with Gasteiger partial charge in [0.25, 0.3) is 0 Å². The van der Waals surface area contributed by atoms with Crippen LogP contribution in [0.25, 0.3) is 5.65 Å². The van der Waals surface area contributed by atoms with Gasteiger partial charge in [-0.15, -0.1) is 10.2 Å². The van der Waals surface area contributed by atoms with E-state index in [9.17, 15) is 0 Å². The average Bonchev–Trinajstić information content (AvgIpc) is 2.90. The number of hydrogen-bond acceptors (Lipinski definition) is 6. The van der Waals surface area contributed by atoms with E-state index in [1.165, 1.54) is 11.3 Å². The van der Waals surface area contributed by atoms with Gasteiger partial charge < -0.3 is 5.32 Å². The maximum atomic E-state index is 4.35. The highest BCUT2D eigenvalue weighted by Gasteiger charge is 2.03. The highest BCUT2D eigenvalue weighted by atomic mass is 32.1. The molecule has 0 aliphatic carbocycles. The smallest absolute Gasteiger partial charge is 0.205 e. The number of aryl methyl sites for hydroxylation is 2. The molecule has 1 N–H and O–H groups in total. The van der Waals surface area contributed by atoms with Gasteiger partial charge in [0.2, 0.25) is 5.13 Å². The molecule has 0 spiro atoms. The Bertz CT molecular complexity index is 686. The van der Waals surface area contributed by atoms with Crippen LogP contribution in [-0.4, -0.2) is 24.8 Å². The first-order valence-corrected chi connectivity index (χ1v) is 6.37. The van der Waals surface area contributed by atoms with Crippen molar-refractivity contribution < 1.29 is 0 Å². The SMILES string of the molecule is Cc1cc2ncc(CNc3nnc(C)s3)cn2n1. The van der Waals surface area contributed by atoms with Crippen LogP contribution in [0.2, 0.25) is 0 Å². The molecule has 0 fully saturated rings. The number of nitrogens with zero attached hydrogens (tertiary/aromatic N) is 5. The lowest BCUT2D eigenvalue weighted by atomic mass is 10.3. The molecule has 6 nitrogen and oxygen atoms in total. The van der Waals surface area contributed by atoms with Crippen molar-refractivity contribution in [3.8, 4) is 0 Å². The zero-order valence-corrected chi connectivity index (χ0v) is 10.9. The van der Waals surface area contributed by atoms with Crippen molar-refractivity contribution in [2.24, 2.45) is 0 Å². The largest absolute Gasteiger partial charge is 0.356 e. The molecular weight excluding hydrogens is 248 g/mol. The van der Waals surface area contributed by atoms with Gasteiger partial charge in [0, 0.05) is 30.6 Å². The van der Waals surface area contributed by atoms with Gasteiger partial charge in [0.05, 0.1) is 5.69 Å². The van der Waals surface area contributed by atoms with Gasteiger partial charge in [-0.05, 0) is 13.8 Å². The summed E-state index contributed by atoms with van der Waals surface area (Å²) in [5, 5.41) is 17.3. The van der Waals surface area contributed by atoms with Gasteiger partial charge in [0.1, 0.15) is 5.01 Å². The second-order valence-corrected chi connectivity index (χ2v) is 5.21. The first kappa shape index (κ1) is 11.1. The van der Waals surface area contributed by atoms with Crippen LogP contribution in [0.5, 0.6) is 0 Å². The van der Waals surface area contributed by atoms with E-state index in [4.69, 9.17) is 0 Å². The fourth-order valence-corrected chi connectivity index (χ4v) is 2.26. The van der Waals surface area contributed by atoms with Gasteiger partial charge in [-0.2, -0.15) is 5.10 Å². The number of aromatic nitrogens is 5. The maximum Gasteiger partial charge on any atom is 0.205 e. The molecular formula is C11H12N6S. The van der Waals surface area contributed by atoms with Crippen LogP contribution in [0, 0.1) is 13.8 Å². The van der Waals surface area contributed by atoms with Crippen molar-refractivity contribution in [2.45, 2.75) is 20.4 Å². The molecule has 0 atom stereocenters. The normalized spacial score (nSPS) is 11.0. The molecule has 7 heteroatoms. The molecule has 0 amide bonds. The van der Waals surface area contributed by atoms with E-state index in [0.717, 1.165) is 27.0 Å². The minimum absolute atomic E-state index is 0.663. The monoisotopic (exact) mass is 260 g/mol. The summed E-state index contributed by atoms with van der Waals surface area (Å²) in [6, 6.07) is 1.95. The lowest BCUT2D eigenvalue weighted by molar-refractivity contribution is 0.894. The van der Waals surface area contributed by atoms with Gasteiger partial charge in [-0.1, -0.05) is 11.3 Å². The summed E-state index contributed by atoms with van der Waals surface area (Å²) in [5.41, 5.74) is 2.88. The molecule has 0 aliphatic rings. The fourth-order valence-electron chi connectivity index (χ4n) is 1.67. The summed E-state index contributed by atoms with van der Waals surface area (Å²) in [7, 11) is 0. The Labute approximate surface area is 108 Å². The Morgan fingerprint density at radius 1 is 1.33 bits per heavy atom. The number of hydrogen-bond donors (Lipinski definition) is 1. The van der Waals surface area contributed by atoms with Crippen molar-refractivity contribution >= 4 is 22.1 Å². The predicted molar refractivity (Wildman–Crippen MR) is 69.7 cm³/mol. The van der Waals surface area contributed by atoms with Crippen molar-refractivity contribution in [1.29, 1.82) is 0 Å². The van der Waals surface area contributed by atoms with Gasteiger partial charge in [-0.25, -0.2) is 9.50 Å². The summed E-state index contributed by atoms with van der Waals surface area (Å²) in [5.74, 6) is 0. The average molecular weight is 260 g/mol. The minimum Gasteiger partial charge on any atom is -0.356 e. The molecule has 0 unspecified atom stereocenters. The molecule has 18 heavy (non-hydrogen) atoms. The quantitative estimate of drug-likeness (QED) is 0.778.